The molecule has 0 radical (unpaired) electrons. The van der Waals surface area contributed by atoms with Gasteiger partial charge in [-0.3, -0.25) is 19.3 Å². The first-order chi connectivity index (χ1) is 11.9. The van der Waals surface area contributed by atoms with E-state index in [2.05, 4.69) is 10.3 Å². The number of nitrogens with zero attached hydrogens (tertiary/aromatic N) is 2. The van der Waals surface area contributed by atoms with Crippen LogP contribution < -0.4 is 10.2 Å². The quantitative estimate of drug-likeness (QED) is 0.810. The monoisotopic (exact) mass is 377 g/mol. The van der Waals surface area contributed by atoms with E-state index in [1.807, 2.05) is 13.8 Å². The Bertz CT molecular complexity index is 836. The first-order valence-electron chi connectivity index (χ1n) is 7.77. The summed E-state index contributed by atoms with van der Waals surface area (Å²) < 4.78 is 0. The van der Waals surface area contributed by atoms with E-state index in [0.29, 0.717) is 17.2 Å². The number of ketones is 1. The number of nitrogens with one attached hydrogen (secondary N) is 1. The van der Waals surface area contributed by atoms with Crippen LogP contribution in [0.25, 0.3) is 0 Å². The lowest BCUT2D eigenvalue weighted by Crippen LogP contribution is -2.47. The van der Waals surface area contributed by atoms with Gasteiger partial charge in [-0.1, -0.05) is 31.5 Å². The molecular formula is C17H16ClN3O3S. The molecule has 1 atom stereocenters. The average molecular weight is 378 g/mol. The number of amides is 2. The number of thiazole rings is 1. The van der Waals surface area contributed by atoms with E-state index >= 15 is 0 Å². The standard InChI is InChI=1S/C17H16ClN3O3S/c1-9(2)8-12(15(23)20-17-19-6-7-25-17)21-11-5-3-4-10(18)13(11)14(22)16(21)24/h3-7,9,12H,8H2,1-2H3,(H,19,20,23). The molecule has 25 heavy (non-hydrogen) atoms. The van der Waals surface area contributed by atoms with Crippen LogP contribution >= 0.6 is 22.9 Å². The van der Waals surface area contributed by atoms with Crippen molar-refractivity contribution < 1.29 is 14.4 Å². The summed E-state index contributed by atoms with van der Waals surface area (Å²) in [4.78, 5) is 43.0. The Labute approximate surface area is 153 Å². The van der Waals surface area contributed by atoms with Crippen molar-refractivity contribution in [2.24, 2.45) is 5.92 Å². The van der Waals surface area contributed by atoms with Crippen LogP contribution in [0.15, 0.2) is 29.8 Å². The van der Waals surface area contributed by atoms with Crippen LogP contribution in [0.4, 0.5) is 10.8 Å². The molecule has 1 aromatic heterocycles. The van der Waals surface area contributed by atoms with Crippen LogP contribution in [0.3, 0.4) is 0 Å². The number of fused-ring (bicyclic) bond motifs is 1. The van der Waals surface area contributed by atoms with Crippen LogP contribution in [0.2, 0.25) is 5.02 Å². The lowest BCUT2D eigenvalue weighted by atomic mass is 10.0. The average Bonchev–Trinajstić information content (AvgIpc) is 3.14. The number of hydrogen-bond acceptors (Lipinski definition) is 5. The van der Waals surface area contributed by atoms with Crippen molar-refractivity contribution in [3.8, 4) is 0 Å². The lowest BCUT2D eigenvalue weighted by Gasteiger charge is -2.28. The van der Waals surface area contributed by atoms with Crippen molar-refractivity contribution in [3.63, 3.8) is 0 Å². The van der Waals surface area contributed by atoms with Gasteiger partial charge < -0.3 is 5.32 Å². The van der Waals surface area contributed by atoms with E-state index in [4.69, 9.17) is 11.6 Å². The number of benzene rings is 1. The minimum Gasteiger partial charge on any atom is -0.300 e. The maximum atomic E-state index is 12.8. The predicted octanol–water partition coefficient (Wildman–Crippen LogP) is 3.38. The normalized spacial score (nSPS) is 14.8. The number of carbonyl (C=O) groups is 3. The Balaban J connectivity index is 1.99. The number of halogens is 1. The zero-order valence-corrected chi connectivity index (χ0v) is 15.2. The molecule has 0 saturated carbocycles. The maximum absolute atomic E-state index is 12.8. The highest BCUT2D eigenvalue weighted by Gasteiger charge is 2.43. The van der Waals surface area contributed by atoms with Crippen molar-refractivity contribution in [3.05, 3.63) is 40.4 Å². The van der Waals surface area contributed by atoms with E-state index in [1.54, 1.807) is 29.8 Å². The molecule has 6 nitrogen and oxygen atoms in total. The Morgan fingerprint density at radius 1 is 1.36 bits per heavy atom. The van der Waals surface area contributed by atoms with Crippen molar-refractivity contribution in [2.45, 2.75) is 26.3 Å². The topological polar surface area (TPSA) is 79.4 Å². The molecule has 2 amide bonds. The molecule has 0 bridgehead atoms. The molecule has 8 heteroatoms. The summed E-state index contributed by atoms with van der Waals surface area (Å²) in [6.07, 6.45) is 1.99. The van der Waals surface area contributed by atoms with Gasteiger partial charge in [0.1, 0.15) is 6.04 Å². The van der Waals surface area contributed by atoms with Crippen LogP contribution in [-0.4, -0.2) is 28.6 Å². The highest BCUT2D eigenvalue weighted by molar-refractivity contribution is 7.13. The number of hydrogen-bond donors (Lipinski definition) is 1. The summed E-state index contributed by atoms with van der Waals surface area (Å²) in [5.74, 6) is -1.66. The summed E-state index contributed by atoms with van der Waals surface area (Å²) in [7, 11) is 0. The maximum Gasteiger partial charge on any atom is 0.300 e. The van der Waals surface area contributed by atoms with E-state index in [-0.39, 0.29) is 22.4 Å². The summed E-state index contributed by atoms with van der Waals surface area (Å²) in [5.41, 5.74) is 0.535. The fourth-order valence-electron chi connectivity index (χ4n) is 2.82. The van der Waals surface area contributed by atoms with Gasteiger partial charge >= 0.3 is 0 Å². The Kier molecular flexibility index (Phi) is 4.87. The minimum absolute atomic E-state index is 0.137. The number of carbonyl (C=O) groups excluding carboxylic acids is 3. The van der Waals surface area contributed by atoms with Crippen molar-refractivity contribution in [1.29, 1.82) is 0 Å². The third-order valence-corrected chi connectivity index (χ3v) is 4.87. The minimum atomic E-state index is -0.819. The van der Waals surface area contributed by atoms with Gasteiger partial charge in [0.25, 0.3) is 11.7 Å². The smallest absolute Gasteiger partial charge is 0.300 e. The highest BCUT2D eigenvalue weighted by atomic mass is 35.5. The third kappa shape index (κ3) is 3.29. The summed E-state index contributed by atoms with van der Waals surface area (Å²) in [5, 5.41) is 5.12. The number of rotatable bonds is 5. The summed E-state index contributed by atoms with van der Waals surface area (Å²) in [6.45, 7) is 3.90. The largest absolute Gasteiger partial charge is 0.300 e. The lowest BCUT2D eigenvalue weighted by molar-refractivity contribution is -0.121. The zero-order chi connectivity index (χ0) is 18.1. The molecule has 130 valence electrons. The molecule has 0 saturated heterocycles. The molecule has 1 aliphatic rings. The Morgan fingerprint density at radius 3 is 2.76 bits per heavy atom. The van der Waals surface area contributed by atoms with Crippen LogP contribution in [0.1, 0.15) is 30.6 Å². The fraction of sp³-hybridized carbons (Fsp3) is 0.294. The predicted molar refractivity (Wildman–Crippen MR) is 97.3 cm³/mol. The fourth-order valence-corrected chi connectivity index (χ4v) is 3.61. The molecule has 1 unspecified atom stereocenters. The highest BCUT2D eigenvalue weighted by Crippen LogP contribution is 2.36. The molecule has 0 fully saturated rings. The van der Waals surface area contributed by atoms with E-state index in [0.717, 1.165) is 0 Å². The van der Waals surface area contributed by atoms with Crippen LogP contribution in [0, 0.1) is 5.92 Å². The summed E-state index contributed by atoms with van der Waals surface area (Å²) in [6, 6.07) is 4.03. The zero-order valence-electron chi connectivity index (χ0n) is 13.7. The number of aromatic nitrogens is 1. The second-order valence-electron chi connectivity index (χ2n) is 6.11. The molecule has 2 aromatic rings. The summed E-state index contributed by atoms with van der Waals surface area (Å²) >= 11 is 7.38. The van der Waals surface area contributed by atoms with Crippen LogP contribution in [-0.2, 0) is 9.59 Å². The number of Topliss-reactive ketones (excluding diaryl/α,β-unsaturated/α-hetero) is 1. The Hall–Kier alpha value is -2.25. The van der Waals surface area contributed by atoms with E-state index < -0.39 is 17.7 Å². The van der Waals surface area contributed by atoms with E-state index in [1.165, 1.54) is 16.2 Å². The SMILES string of the molecule is CC(C)CC(C(=O)Nc1nccs1)N1C(=O)C(=O)c2c(Cl)cccc21. The second kappa shape index (κ2) is 6.93. The van der Waals surface area contributed by atoms with Gasteiger partial charge in [0, 0.05) is 11.6 Å². The van der Waals surface area contributed by atoms with Crippen molar-refractivity contribution in [2.75, 3.05) is 10.2 Å². The van der Waals surface area contributed by atoms with E-state index in [9.17, 15) is 14.4 Å². The molecule has 0 spiro atoms. The van der Waals surface area contributed by atoms with Gasteiger partial charge in [-0.25, -0.2) is 4.98 Å². The van der Waals surface area contributed by atoms with Gasteiger partial charge in [0.15, 0.2) is 5.13 Å². The molecule has 1 N–H and O–H groups in total. The van der Waals surface area contributed by atoms with Crippen LogP contribution in [0.5, 0.6) is 0 Å². The molecule has 1 aliphatic heterocycles. The molecule has 1 aromatic carbocycles. The second-order valence-corrected chi connectivity index (χ2v) is 7.41. The van der Waals surface area contributed by atoms with Gasteiger partial charge in [-0.2, -0.15) is 0 Å². The van der Waals surface area contributed by atoms with Gasteiger partial charge in [-0.15, -0.1) is 11.3 Å². The third-order valence-electron chi connectivity index (χ3n) is 3.86. The molecule has 3 rings (SSSR count). The first kappa shape index (κ1) is 17.6. The van der Waals surface area contributed by atoms with Gasteiger partial charge in [0.05, 0.1) is 16.3 Å². The molecular weight excluding hydrogens is 362 g/mol. The van der Waals surface area contributed by atoms with Gasteiger partial charge in [-0.05, 0) is 24.5 Å². The Morgan fingerprint density at radius 2 is 2.12 bits per heavy atom. The van der Waals surface area contributed by atoms with Crippen molar-refractivity contribution >= 4 is 51.4 Å². The van der Waals surface area contributed by atoms with Crippen molar-refractivity contribution in [1.82, 2.24) is 4.98 Å². The number of anilines is 2. The first-order valence-corrected chi connectivity index (χ1v) is 9.02. The molecule has 0 aliphatic carbocycles. The van der Waals surface area contributed by atoms with Gasteiger partial charge in [0.2, 0.25) is 5.91 Å². The molecule has 2 heterocycles.